The van der Waals surface area contributed by atoms with Gasteiger partial charge in [-0.2, -0.15) is 0 Å². The fourth-order valence-electron chi connectivity index (χ4n) is 2.77. The number of hydrogen-bond acceptors (Lipinski definition) is 6. The van der Waals surface area contributed by atoms with E-state index in [0.29, 0.717) is 12.4 Å². The van der Waals surface area contributed by atoms with Crippen molar-refractivity contribution >= 4 is 41.8 Å². The molecular formula is C22H30IN2O4V2. The molecule has 31 heavy (non-hydrogen) atoms. The Balaban J connectivity index is 0. The minimum atomic E-state index is 0.00981. The van der Waals surface area contributed by atoms with Crippen LogP contribution < -0.4 is 0 Å². The van der Waals surface area contributed by atoms with Crippen LogP contribution in [0.5, 0.6) is 11.5 Å². The molecule has 0 saturated heterocycles. The third-order valence-corrected chi connectivity index (χ3v) is 5.43. The maximum atomic E-state index is 10.5. The molecule has 0 heterocycles. The van der Waals surface area contributed by atoms with Crippen LogP contribution in [0, 0.1) is 65.2 Å². The van der Waals surface area contributed by atoms with Gasteiger partial charge in [0.1, 0.15) is 11.5 Å². The minimum absolute atomic E-state index is 0.00981. The standard InChI is InChI=1S/2C10H13NO2.2CH2.HI.2V/c2*1-5-6(2)8(4)10(12)9(11-13)7(5)3;;;;;/h2*12H,1-4H3;2*1H2;1H;;/q;;;;;;+1/p-1. The Morgan fingerprint density at radius 3 is 1.03 bits per heavy atom. The molecule has 2 N–H and O–H groups in total. The Morgan fingerprint density at radius 1 is 0.645 bits per heavy atom. The van der Waals surface area contributed by atoms with Crippen molar-refractivity contribution in [2.45, 2.75) is 55.4 Å². The van der Waals surface area contributed by atoms with Gasteiger partial charge in [-0.05, 0) is 110 Å². The van der Waals surface area contributed by atoms with Gasteiger partial charge in [-0.25, -0.2) is 0 Å². The summed E-state index contributed by atoms with van der Waals surface area (Å²) >= 11 is 4.74. The first-order valence-electron chi connectivity index (χ1n) is 9.06. The molecule has 6 nitrogen and oxygen atoms in total. The molecule has 2 aromatic rings. The molecule has 169 valence electrons. The van der Waals surface area contributed by atoms with E-state index in [1.807, 2.05) is 27.7 Å². The van der Waals surface area contributed by atoms with Crippen molar-refractivity contribution in [3.8, 4) is 11.5 Å². The van der Waals surface area contributed by atoms with Crippen molar-refractivity contribution in [1.82, 2.24) is 0 Å². The van der Waals surface area contributed by atoms with Crippen LogP contribution in [-0.2, 0) is 29.4 Å². The summed E-state index contributed by atoms with van der Waals surface area (Å²) in [6.45, 7) is 14.8. The predicted molar refractivity (Wildman–Crippen MR) is 133 cm³/mol. The molecule has 0 bridgehead atoms. The second-order valence-electron chi connectivity index (χ2n) is 6.70. The van der Waals surface area contributed by atoms with Crippen LogP contribution in [0.15, 0.2) is 10.4 Å². The van der Waals surface area contributed by atoms with E-state index in [2.05, 4.69) is 57.8 Å². The van der Waals surface area contributed by atoms with Gasteiger partial charge in [-0.3, -0.25) is 0 Å². The summed E-state index contributed by atoms with van der Waals surface area (Å²) in [5, 5.41) is 31.6. The Hall–Kier alpha value is -1.12. The summed E-state index contributed by atoms with van der Waals surface area (Å²) in [6.07, 6.45) is 0. The molecule has 0 radical (unpaired) electrons. The summed E-state index contributed by atoms with van der Waals surface area (Å²) in [6, 6.07) is 0. The molecule has 0 unspecified atom stereocenters. The van der Waals surface area contributed by atoms with Gasteiger partial charge >= 0.3 is 59.9 Å². The molecule has 0 saturated carbocycles. The molecule has 0 aliphatic carbocycles. The van der Waals surface area contributed by atoms with E-state index < -0.39 is 0 Å². The fraction of sp³-hybridized carbons (Fsp3) is 0.364. The SMILES string of the molecule is Cc1c(C)c(C)c(N=O)c(O)c1C.Cc1c(C)c(C)c(N=O)c(O)c1C.[CH2]=[V].[CH2]=[V][I]. The van der Waals surface area contributed by atoms with Crippen molar-refractivity contribution in [3.05, 3.63) is 54.3 Å². The summed E-state index contributed by atoms with van der Waals surface area (Å²) < 4.78 is 0. The zero-order valence-electron chi connectivity index (χ0n) is 19.3. The zero-order chi connectivity index (χ0) is 25.0. The van der Waals surface area contributed by atoms with Crippen molar-refractivity contribution in [2.24, 2.45) is 10.4 Å². The Kier molecular flexibility index (Phi) is 16.2. The van der Waals surface area contributed by atoms with Gasteiger partial charge in [-0.15, -0.1) is 9.81 Å². The van der Waals surface area contributed by atoms with Crippen LogP contribution in [0.1, 0.15) is 44.5 Å². The van der Waals surface area contributed by atoms with E-state index in [9.17, 15) is 20.0 Å². The number of rotatable bonds is 2. The fourth-order valence-corrected chi connectivity index (χ4v) is 2.77. The topological polar surface area (TPSA) is 99.3 Å². The van der Waals surface area contributed by atoms with Crippen LogP contribution in [0.3, 0.4) is 0 Å². The summed E-state index contributed by atoms with van der Waals surface area (Å²) in [5.74, 6) is 0.0196. The number of benzene rings is 2. The number of nitroso groups, excluding NO2 is 2. The molecule has 0 atom stereocenters. The molecule has 2 aromatic carbocycles. The van der Waals surface area contributed by atoms with Crippen LogP contribution in [0.2, 0.25) is 0 Å². The number of phenols is 2. The van der Waals surface area contributed by atoms with Crippen LogP contribution >= 0.6 is 20.0 Å². The molecular weight excluding hydrogens is 585 g/mol. The second kappa shape index (κ2) is 15.6. The Bertz CT molecular complexity index is 832. The first-order chi connectivity index (χ1) is 14.4. The third-order valence-electron chi connectivity index (χ3n) is 5.43. The third kappa shape index (κ3) is 8.06. The normalized spacial score (nSPS) is 9.03. The van der Waals surface area contributed by atoms with Crippen molar-refractivity contribution in [1.29, 1.82) is 0 Å². The van der Waals surface area contributed by atoms with Crippen molar-refractivity contribution < 1.29 is 39.6 Å². The summed E-state index contributed by atoms with van der Waals surface area (Å²) in [4.78, 5) is 20.9. The van der Waals surface area contributed by atoms with E-state index >= 15 is 0 Å². The Labute approximate surface area is 211 Å². The number of nitrogens with zero attached hydrogens (tertiary/aromatic N) is 2. The van der Waals surface area contributed by atoms with Crippen LogP contribution in [0.4, 0.5) is 11.4 Å². The summed E-state index contributed by atoms with van der Waals surface area (Å²) in [5.41, 5.74) is 7.39. The van der Waals surface area contributed by atoms with Gasteiger partial charge in [0.25, 0.3) is 0 Å². The van der Waals surface area contributed by atoms with Gasteiger partial charge in [0.05, 0.1) is 0 Å². The van der Waals surface area contributed by atoms with Crippen LogP contribution in [0.25, 0.3) is 0 Å². The molecule has 0 fully saturated rings. The summed E-state index contributed by atoms with van der Waals surface area (Å²) in [7, 11) is 0. The van der Waals surface area contributed by atoms with Crippen molar-refractivity contribution in [3.63, 3.8) is 0 Å². The van der Waals surface area contributed by atoms with Gasteiger partial charge in [0.2, 0.25) is 0 Å². The predicted octanol–water partition coefficient (Wildman–Crippen LogP) is 6.86. The zero-order valence-corrected chi connectivity index (χ0v) is 24.2. The number of hydrogen-bond donors (Lipinski definition) is 2. The average Bonchev–Trinajstić information content (AvgIpc) is 2.77. The molecule has 9 heteroatoms. The average molecular weight is 615 g/mol. The first-order valence-corrected chi connectivity index (χ1v) is 15.5. The molecule has 0 aliphatic rings. The second-order valence-corrected chi connectivity index (χ2v) is 9.88. The Morgan fingerprint density at radius 2 is 0.839 bits per heavy atom. The molecule has 0 aromatic heterocycles. The molecule has 0 aliphatic heterocycles. The van der Waals surface area contributed by atoms with E-state index in [1.54, 1.807) is 27.7 Å². The van der Waals surface area contributed by atoms with E-state index in [1.165, 1.54) is 0 Å². The molecule has 2 rings (SSSR count). The number of phenolic OH excluding ortho intramolecular Hbond substituents is 2. The van der Waals surface area contributed by atoms with E-state index in [0.717, 1.165) is 44.5 Å². The van der Waals surface area contributed by atoms with Gasteiger partial charge < -0.3 is 10.2 Å². The molecule has 0 spiro atoms. The molecule has 0 amide bonds. The number of halogens is 1. The number of aromatic hydroxyl groups is 2. The van der Waals surface area contributed by atoms with Crippen molar-refractivity contribution in [2.75, 3.05) is 0 Å². The van der Waals surface area contributed by atoms with E-state index in [-0.39, 0.29) is 22.9 Å². The van der Waals surface area contributed by atoms with Gasteiger partial charge in [0, 0.05) is 0 Å². The first kappa shape index (κ1) is 32.1. The van der Waals surface area contributed by atoms with Crippen LogP contribution in [-0.4, -0.2) is 20.7 Å². The maximum absolute atomic E-state index is 10.5. The van der Waals surface area contributed by atoms with Gasteiger partial charge in [0.15, 0.2) is 11.4 Å². The monoisotopic (exact) mass is 615 g/mol. The van der Waals surface area contributed by atoms with Gasteiger partial charge in [-0.1, -0.05) is 0 Å². The van der Waals surface area contributed by atoms with E-state index in [4.69, 9.17) is 0 Å². The quantitative estimate of drug-likeness (QED) is 0.285.